The molecule has 0 spiro atoms. The van der Waals surface area contributed by atoms with Crippen molar-refractivity contribution in [2.75, 3.05) is 13.7 Å². The van der Waals surface area contributed by atoms with Gasteiger partial charge in [-0.25, -0.2) is 9.07 Å². The number of halogens is 4. The first-order chi connectivity index (χ1) is 14.2. The molecule has 30 heavy (non-hydrogen) atoms. The molecular weight excluding hydrogens is 404 g/mol. The van der Waals surface area contributed by atoms with Crippen LogP contribution in [0.25, 0.3) is 5.69 Å². The maximum Gasteiger partial charge on any atom is 0.435 e. The number of rotatable bonds is 6. The number of hydrogen-bond donors (Lipinski definition) is 1. The molecule has 0 radical (unpaired) electrons. The Morgan fingerprint density at radius 3 is 2.63 bits per heavy atom. The summed E-state index contributed by atoms with van der Waals surface area (Å²) in [4.78, 5) is 12.4. The molecule has 0 aliphatic heterocycles. The molecule has 0 atom stereocenters. The van der Waals surface area contributed by atoms with Crippen molar-refractivity contribution in [3.63, 3.8) is 0 Å². The molecule has 1 heterocycles. The maximum atomic E-state index is 13.6. The number of nitrogens with zero attached hydrogens (tertiary/aromatic N) is 3. The molecule has 1 amide bonds. The van der Waals surface area contributed by atoms with Crippen molar-refractivity contribution in [3.05, 3.63) is 70.8 Å². The van der Waals surface area contributed by atoms with Gasteiger partial charge in [0.15, 0.2) is 11.4 Å². The molecule has 0 fully saturated rings. The van der Waals surface area contributed by atoms with Crippen molar-refractivity contribution in [1.29, 1.82) is 0 Å². The Bertz CT molecular complexity index is 1060. The number of carbonyl (C=O) groups excluding carboxylic acids is 1. The van der Waals surface area contributed by atoms with E-state index in [1.54, 1.807) is 6.07 Å². The number of amides is 1. The van der Waals surface area contributed by atoms with Crippen molar-refractivity contribution < 1.29 is 27.1 Å². The van der Waals surface area contributed by atoms with E-state index in [9.17, 15) is 22.4 Å². The van der Waals surface area contributed by atoms with Crippen molar-refractivity contribution in [3.8, 4) is 11.4 Å². The molecule has 0 aliphatic rings. The zero-order valence-electron chi connectivity index (χ0n) is 16.1. The van der Waals surface area contributed by atoms with Crippen molar-refractivity contribution in [2.24, 2.45) is 0 Å². The Morgan fingerprint density at radius 2 is 1.97 bits per heavy atom. The molecule has 0 saturated carbocycles. The van der Waals surface area contributed by atoms with E-state index in [-0.39, 0.29) is 12.2 Å². The van der Waals surface area contributed by atoms with Crippen LogP contribution in [0.3, 0.4) is 0 Å². The molecule has 3 aromatic rings. The fraction of sp³-hybridized carbons (Fsp3) is 0.250. The van der Waals surface area contributed by atoms with Gasteiger partial charge in [-0.1, -0.05) is 29.0 Å². The van der Waals surface area contributed by atoms with Crippen LogP contribution in [0.1, 0.15) is 27.3 Å². The van der Waals surface area contributed by atoms with Gasteiger partial charge in [0.2, 0.25) is 0 Å². The van der Waals surface area contributed by atoms with Crippen LogP contribution in [0.5, 0.6) is 5.75 Å². The normalized spacial score (nSPS) is 11.4. The van der Waals surface area contributed by atoms with E-state index in [0.29, 0.717) is 16.9 Å². The summed E-state index contributed by atoms with van der Waals surface area (Å²) in [7, 11) is 1.51. The molecule has 3 rings (SSSR count). The Morgan fingerprint density at radius 1 is 1.20 bits per heavy atom. The largest absolute Gasteiger partial charge is 0.496 e. The van der Waals surface area contributed by atoms with Gasteiger partial charge in [0.05, 0.1) is 12.8 Å². The van der Waals surface area contributed by atoms with Gasteiger partial charge in [0.25, 0.3) is 5.91 Å². The van der Waals surface area contributed by atoms with Gasteiger partial charge < -0.3 is 10.1 Å². The third-order valence-electron chi connectivity index (χ3n) is 4.32. The SMILES string of the molecule is COc1ccc(C)cc1CCNC(=O)c1nnn(-c2cccc(F)c2)c1C(F)(F)F. The molecule has 158 valence electrons. The summed E-state index contributed by atoms with van der Waals surface area (Å²) < 4.78 is 60.0. The van der Waals surface area contributed by atoms with Crippen molar-refractivity contribution in [2.45, 2.75) is 19.5 Å². The summed E-state index contributed by atoms with van der Waals surface area (Å²) in [5.41, 5.74) is -0.674. The average Bonchev–Trinajstić information content (AvgIpc) is 3.14. The lowest BCUT2D eigenvalue weighted by molar-refractivity contribution is -0.143. The zero-order chi connectivity index (χ0) is 21.9. The van der Waals surface area contributed by atoms with Gasteiger partial charge in [-0.2, -0.15) is 13.2 Å². The Kier molecular flexibility index (Phi) is 6.04. The van der Waals surface area contributed by atoms with Crippen LogP contribution in [0.4, 0.5) is 17.6 Å². The van der Waals surface area contributed by atoms with E-state index in [1.807, 2.05) is 19.1 Å². The second kappa shape index (κ2) is 8.52. The highest BCUT2D eigenvalue weighted by molar-refractivity contribution is 5.93. The minimum absolute atomic E-state index is 0.0583. The zero-order valence-corrected chi connectivity index (χ0v) is 16.1. The van der Waals surface area contributed by atoms with E-state index >= 15 is 0 Å². The molecule has 1 N–H and O–H groups in total. The maximum absolute atomic E-state index is 13.6. The smallest absolute Gasteiger partial charge is 0.435 e. The van der Waals surface area contributed by atoms with E-state index < -0.39 is 29.3 Å². The molecular formula is C20H18F4N4O2. The van der Waals surface area contributed by atoms with E-state index in [1.165, 1.54) is 19.2 Å². The minimum Gasteiger partial charge on any atom is -0.496 e. The summed E-state index contributed by atoms with van der Waals surface area (Å²) in [5.74, 6) is -1.16. The fourth-order valence-electron chi connectivity index (χ4n) is 2.97. The molecule has 2 aromatic carbocycles. The summed E-state index contributed by atoms with van der Waals surface area (Å²) in [5, 5.41) is 9.24. The van der Waals surface area contributed by atoms with Crippen molar-refractivity contribution >= 4 is 5.91 Å². The topological polar surface area (TPSA) is 69.0 Å². The lowest BCUT2D eigenvalue weighted by Crippen LogP contribution is -2.29. The molecule has 0 aliphatic carbocycles. The number of hydrogen-bond acceptors (Lipinski definition) is 4. The van der Waals surface area contributed by atoms with Gasteiger partial charge in [-0.3, -0.25) is 4.79 Å². The van der Waals surface area contributed by atoms with Gasteiger partial charge in [0, 0.05) is 6.54 Å². The van der Waals surface area contributed by atoms with Crippen LogP contribution in [-0.4, -0.2) is 34.6 Å². The summed E-state index contributed by atoms with van der Waals surface area (Å²) in [6.45, 7) is 1.95. The number of methoxy groups -OCH3 is 1. The Balaban J connectivity index is 1.82. The fourth-order valence-corrected chi connectivity index (χ4v) is 2.97. The van der Waals surface area contributed by atoms with E-state index in [0.717, 1.165) is 23.3 Å². The van der Waals surface area contributed by atoms with Crippen LogP contribution < -0.4 is 10.1 Å². The second-order valence-corrected chi connectivity index (χ2v) is 6.50. The molecule has 1 aromatic heterocycles. The number of ether oxygens (including phenoxy) is 1. The number of carbonyl (C=O) groups is 1. The van der Waals surface area contributed by atoms with Gasteiger partial charge >= 0.3 is 6.18 Å². The number of nitrogens with one attached hydrogen (secondary N) is 1. The van der Waals surface area contributed by atoms with Gasteiger partial charge in [-0.15, -0.1) is 5.10 Å². The standard InChI is InChI=1S/C20H18F4N4O2/c1-12-6-7-16(30-2)13(10-12)8-9-25-19(29)17-18(20(22,23)24)28(27-26-17)15-5-3-4-14(21)11-15/h3-7,10-11H,8-9H2,1-2H3,(H,25,29). The van der Waals surface area contributed by atoms with Crippen LogP contribution in [0.2, 0.25) is 0 Å². The van der Waals surface area contributed by atoms with Gasteiger partial charge in [0.1, 0.15) is 11.6 Å². The highest BCUT2D eigenvalue weighted by atomic mass is 19.4. The lowest BCUT2D eigenvalue weighted by atomic mass is 10.1. The number of alkyl halides is 3. The van der Waals surface area contributed by atoms with Crippen LogP contribution in [0.15, 0.2) is 42.5 Å². The molecule has 6 nitrogen and oxygen atoms in total. The first kappa shape index (κ1) is 21.3. The second-order valence-electron chi connectivity index (χ2n) is 6.50. The monoisotopic (exact) mass is 422 g/mol. The summed E-state index contributed by atoms with van der Waals surface area (Å²) in [6.07, 6.45) is -4.59. The quantitative estimate of drug-likeness (QED) is 0.615. The first-order valence-corrected chi connectivity index (χ1v) is 8.91. The average molecular weight is 422 g/mol. The molecule has 0 saturated heterocycles. The van der Waals surface area contributed by atoms with Crippen LogP contribution in [-0.2, 0) is 12.6 Å². The number of aromatic nitrogens is 3. The van der Waals surface area contributed by atoms with Crippen LogP contribution >= 0.6 is 0 Å². The van der Waals surface area contributed by atoms with Crippen LogP contribution in [0, 0.1) is 12.7 Å². The summed E-state index contributed by atoms with van der Waals surface area (Å²) >= 11 is 0. The first-order valence-electron chi connectivity index (χ1n) is 8.91. The number of aryl methyl sites for hydroxylation is 1. The molecule has 0 bridgehead atoms. The molecule has 10 heteroatoms. The third kappa shape index (κ3) is 4.58. The van der Waals surface area contributed by atoms with Gasteiger partial charge in [-0.05, 0) is 43.2 Å². The highest BCUT2D eigenvalue weighted by Gasteiger charge is 2.42. The summed E-state index contributed by atoms with van der Waals surface area (Å²) in [6, 6.07) is 9.93. The predicted octanol–water partition coefficient (Wildman–Crippen LogP) is 3.71. The number of benzene rings is 2. The predicted molar refractivity (Wildman–Crippen MR) is 100 cm³/mol. The minimum atomic E-state index is -4.93. The Hall–Kier alpha value is -3.43. The highest BCUT2D eigenvalue weighted by Crippen LogP contribution is 2.32. The van der Waals surface area contributed by atoms with E-state index in [4.69, 9.17) is 4.74 Å². The molecule has 0 unspecified atom stereocenters. The Labute approximate surface area is 169 Å². The third-order valence-corrected chi connectivity index (χ3v) is 4.32. The van der Waals surface area contributed by atoms with E-state index in [2.05, 4.69) is 15.6 Å². The lowest BCUT2D eigenvalue weighted by Gasteiger charge is -2.12. The van der Waals surface area contributed by atoms with Crippen molar-refractivity contribution in [1.82, 2.24) is 20.3 Å².